The normalized spacial score (nSPS) is 12.7. The third-order valence-corrected chi connectivity index (χ3v) is 8.06. The highest BCUT2D eigenvalue weighted by atomic mass is 16.6. The smallest absolute Gasteiger partial charge is 0.416 e. The lowest BCUT2D eigenvalue weighted by atomic mass is 9.98. The van der Waals surface area contributed by atoms with Crippen LogP contribution in [0.5, 0.6) is 0 Å². The van der Waals surface area contributed by atoms with Crippen LogP contribution < -0.4 is 10.2 Å². The molecule has 0 saturated carbocycles. The predicted octanol–water partition coefficient (Wildman–Crippen LogP) is 7.05. The van der Waals surface area contributed by atoms with Crippen molar-refractivity contribution in [3.8, 4) is 11.1 Å². The average molecular weight is 666 g/mol. The van der Waals surface area contributed by atoms with Crippen LogP contribution in [0.2, 0.25) is 0 Å². The zero-order valence-corrected chi connectivity index (χ0v) is 28.4. The van der Waals surface area contributed by atoms with E-state index >= 15 is 0 Å². The largest absolute Gasteiger partial charge is 0.467 e. The molecule has 256 valence electrons. The molecule has 49 heavy (non-hydrogen) atoms. The summed E-state index contributed by atoms with van der Waals surface area (Å²) >= 11 is 0. The Kier molecular flexibility index (Phi) is 11.6. The average Bonchev–Trinajstić information content (AvgIpc) is 3.42. The van der Waals surface area contributed by atoms with Gasteiger partial charge in [0.05, 0.1) is 13.7 Å². The van der Waals surface area contributed by atoms with E-state index in [1.807, 2.05) is 75.4 Å². The maximum absolute atomic E-state index is 12.9. The second-order valence-corrected chi connectivity index (χ2v) is 12.8. The molecule has 1 N–H and O–H groups in total. The fraction of sp³-hybridized carbons (Fsp3) is 0.333. The first kappa shape index (κ1) is 35.1. The van der Waals surface area contributed by atoms with Crippen LogP contribution in [0.4, 0.5) is 15.4 Å². The van der Waals surface area contributed by atoms with E-state index in [2.05, 4.69) is 34.6 Å². The van der Waals surface area contributed by atoms with E-state index in [9.17, 15) is 14.4 Å². The molecule has 0 fully saturated rings. The molecule has 2 amide bonds. The summed E-state index contributed by atoms with van der Waals surface area (Å²) in [6.45, 7) is 6.80. The highest BCUT2D eigenvalue weighted by Crippen LogP contribution is 2.44. The van der Waals surface area contributed by atoms with Crippen molar-refractivity contribution in [1.29, 1.82) is 0 Å². The van der Waals surface area contributed by atoms with Crippen molar-refractivity contribution in [2.45, 2.75) is 57.8 Å². The number of amides is 2. The van der Waals surface area contributed by atoms with Gasteiger partial charge >= 0.3 is 18.2 Å². The molecular weight excluding hydrogens is 622 g/mol. The molecule has 1 aliphatic rings. The monoisotopic (exact) mass is 665 g/mol. The summed E-state index contributed by atoms with van der Waals surface area (Å²) in [7, 11) is 1.29. The SMILES string of the molecule is COC(=O)[C@H](Cc1ccc(COCCCN(C(=O)OC(C)(C)C)c2ccccn2)cc1)NC(=O)OCC1c2ccccc2-c2ccccc21. The number of ether oxygens (including phenoxy) is 4. The number of carbonyl (C=O) groups excluding carboxylic acids is 3. The summed E-state index contributed by atoms with van der Waals surface area (Å²) in [4.78, 5) is 44.1. The van der Waals surface area contributed by atoms with Crippen LogP contribution in [0.25, 0.3) is 11.1 Å². The Balaban J connectivity index is 1.09. The van der Waals surface area contributed by atoms with Crippen molar-refractivity contribution in [3.05, 3.63) is 119 Å². The Morgan fingerprint density at radius 2 is 1.49 bits per heavy atom. The highest BCUT2D eigenvalue weighted by Gasteiger charge is 2.30. The maximum atomic E-state index is 12.9. The number of hydrogen-bond donors (Lipinski definition) is 1. The predicted molar refractivity (Wildman–Crippen MR) is 186 cm³/mol. The first-order valence-corrected chi connectivity index (χ1v) is 16.4. The molecule has 0 aliphatic heterocycles. The van der Waals surface area contributed by atoms with E-state index in [4.69, 9.17) is 18.9 Å². The fourth-order valence-corrected chi connectivity index (χ4v) is 5.77. The molecule has 1 heterocycles. The van der Waals surface area contributed by atoms with Crippen molar-refractivity contribution < 1.29 is 33.3 Å². The van der Waals surface area contributed by atoms with Crippen LogP contribution in [0.3, 0.4) is 0 Å². The zero-order chi connectivity index (χ0) is 34.8. The van der Waals surface area contributed by atoms with Gasteiger partial charge < -0.3 is 24.3 Å². The van der Waals surface area contributed by atoms with Gasteiger partial charge in [-0.3, -0.25) is 4.90 Å². The van der Waals surface area contributed by atoms with Crippen LogP contribution in [-0.4, -0.2) is 61.7 Å². The quantitative estimate of drug-likeness (QED) is 0.0918. The fourth-order valence-electron chi connectivity index (χ4n) is 5.77. The number of aromatic nitrogens is 1. The third-order valence-electron chi connectivity index (χ3n) is 8.06. The minimum atomic E-state index is -0.922. The molecule has 5 rings (SSSR count). The first-order chi connectivity index (χ1) is 23.6. The molecular formula is C39H43N3O7. The van der Waals surface area contributed by atoms with Crippen LogP contribution in [0, 0.1) is 0 Å². The topological polar surface area (TPSA) is 116 Å². The van der Waals surface area contributed by atoms with Gasteiger partial charge in [0.1, 0.15) is 24.1 Å². The second kappa shape index (κ2) is 16.3. The minimum absolute atomic E-state index is 0.0886. The van der Waals surface area contributed by atoms with E-state index in [1.54, 1.807) is 18.3 Å². The van der Waals surface area contributed by atoms with E-state index in [0.717, 1.165) is 33.4 Å². The van der Waals surface area contributed by atoms with Crippen molar-refractivity contribution in [2.75, 3.05) is 31.8 Å². The molecule has 0 saturated heterocycles. The van der Waals surface area contributed by atoms with Crippen molar-refractivity contribution in [2.24, 2.45) is 0 Å². The molecule has 1 atom stereocenters. The molecule has 1 aromatic heterocycles. The summed E-state index contributed by atoms with van der Waals surface area (Å²) < 4.78 is 22.1. The number of esters is 1. The molecule has 4 aromatic rings. The van der Waals surface area contributed by atoms with Gasteiger partial charge in [-0.1, -0.05) is 78.9 Å². The Morgan fingerprint density at radius 1 is 0.857 bits per heavy atom. The Hall–Kier alpha value is -5.22. The molecule has 0 bridgehead atoms. The zero-order valence-electron chi connectivity index (χ0n) is 28.4. The van der Waals surface area contributed by atoms with E-state index in [0.29, 0.717) is 32.0 Å². The number of alkyl carbamates (subject to hydrolysis) is 1. The number of hydrogen-bond acceptors (Lipinski definition) is 8. The van der Waals surface area contributed by atoms with Gasteiger partial charge in [0.2, 0.25) is 0 Å². The molecule has 0 unspecified atom stereocenters. The van der Waals surface area contributed by atoms with Crippen LogP contribution in [0.1, 0.15) is 55.4 Å². The summed E-state index contributed by atoms with van der Waals surface area (Å²) in [5.74, 6) is -0.132. The molecule has 10 heteroatoms. The molecule has 0 spiro atoms. The molecule has 1 aliphatic carbocycles. The molecule has 0 radical (unpaired) electrons. The number of nitrogens with one attached hydrogen (secondary N) is 1. The number of benzene rings is 3. The van der Waals surface area contributed by atoms with Crippen LogP contribution in [0.15, 0.2) is 97.2 Å². The van der Waals surface area contributed by atoms with Gasteiger partial charge in [-0.2, -0.15) is 0 Å². The summed E-state index contributed by atoms with van der Waals surface area (Å²) in [5, 5.41) is 2.69. The van der Waals surface area contributed by atoms with Gasteiger partial charge in [-0.25, -0.2) is 19.4 Å². The third kappa shape index (κ3) is 9.45. The number of methoxy groups -OCH3 is 1. The first-order valence-electron chi connectivity index (χ1n) is 16.4. The van der Waals surface area contributed by atoms with Gasteiger partial charge in [0, 0.05) is 31.7 Å². The number of anilines is 1. The van der Waals surface area contributed by atoms with Crippen molar-refractivity contribution >= 4 is 24.0 Å². The standard InChI is InChI=1S/C39H43N3O7/c1-39(2,3)49-38(45)42(35-16-9-10-21-40-35)22-11-23-47-25-28-19-17-27(18-20-28)24-34(36(43)46-4)41-37(44)48-26-33-31-14-7-5-12-29(31)30-13-6-8-15-32(30)33/h5-10,12-21,33-34H,11,22-26H2,1-4H3,(H,41,44)/t34-/m0/s1. The summed E-state index contributed by atoms with van der Waals surface area (Å²) in [6.07, 6.45) is 1.30. The maximum Gasteiger partial charge on any atom is 0.416 e. The lowest BCUT2D eigenvalue weighted by Gasteiger charge is -2.26. The van der Waals surface area contributed by atoms with Crippen molar-refractivity contribution in [1.82, 2.24) is 10.3 Å². The van der Waals surface area contributed by atoms with Gasteiger partial charge in [-0.15, -0.1) is 0 Å². The molecule has 10 nitrogen and oxygen atoms in total. The lowest BCUT2D eigenvalue weighted by molar-refractivity contribution is -0.143. The number of carbonyl (C=O) groups is 3. The summed E-state index contributed by atoms with van der Waals surface area (Å²) in [6, 6.07) is 28.3. The highest BCUT2D eigenvalue weighted by molar-refractivity contribution is 5.86. The lowest BCUT2D eigenvalue weighted by Crippen LogP contribution is -2.43. The van der Waals surface area contributed by atoms with E-state index in [1.165, 1.54) is 12.0 Å². The Morgan fingerprint density at radius 3 is 2.10 bits per heavy atom. The minimum Gasteiger partial charge on any atom is -0.467 e. The van der Waals surface area contributed by atoms with E-state index in [-0.39, 0.29) is 18.9 Å². The van der Waals surface area contributed by atoms with Gasteiger partial charge in [-0.05, 0) is 72.7 Å². The molecule has 3 aromatic carbocycles. The number of rotatable bonds is 13. The van der Waals surface area contributed by atoms with Gasteiger partial charge in [0.25, 0.3) is 0 Å². The van der Waals surface area contributed by atoms with Crippen LogP contribution in [-0.2, 0) is 36.8 Å². The number of fused-ring (bicyclic) bond motifs is 3. The number of pyridine rings is 1. The van der Waals surface area contributed by atoms with Crippen LogP contribution >= 0.6 is 0 Å². The van der Waals surface area contributed by atoms with Gasteiger partial charge in [0.15, 0.2) is 0 Å². The van der Waals surface area contributed by atoms with E-state index < -0.39 is 29.8 Å². The Labute approximate surface area is 287 Å². The summed E-state index contributed by atoms with van der Waals surface area (Å²) in [5.41, 5.74) is 5.64. The Bertz CT molecular complexity index is 1680. The number of nitrogens with zero attached hydrogens (tertiary/aromatic N) is 2. The second-order valence-electron chi connectivity index (χ2n) is 12.8. The van der Waals surface area contributed by atoms with Crippen molar-refractivity contribution in [3.63, 3.8) is 0 Å².